The van der Waals surface area contributed by atoms with Gasteiger partial charge in [0.05, 0.1) is 0 Å². The molecule has 0 aliphatic carbocycles. The number of hydrogen-bond donors (Lipinski definition) is 1. The number of likely N-dealkylation sites (N-methyl/N-ethyl adjacent to an activating group) is 1. The SMILES string of the molecule is C[C@@H]1CNC[C@@H](C)N1C. The molecule has 1 heterocycles. The molecule has 0 saturated carbocycles. The van der Waals surface area contributed by atoms with E-state index in [0.29, 0.717) is 12.1 Å². The largest absolute Gasteiger partial charge is 0.314 e. The van der Waals surface area contributed by atoms with Crippen molar-refractivity contribution in [1.82, 2.24) is 10.2 Å². The minimum atomic E-state index is 0.703. The van der Waals surface area contributed by atoms with E-state index in [1.807, 2.05) is 0 Å². The Kier molecular flexibility index (Phi) is 2.09. The first kappa shape index (κ1) is 7.03. The first-order valence-electron chi connectivity index (χ1n) is 3.64. The molecule has 0 aromatic heterocycles. The van der Waals surface area contributed by atoms with Crippen LogP contribution in [0, 0.1) is 0 Å². The molecule has 1 saturated heterocycles. The van der Waals surface area contributed by atoms with Gasteiger partial charge in [-0.2, -0.15) is 0 Å². The third-order valence-electron chi connectivity index (χ3n) is 2.27. The molecule has 0 radical (unpaired) electrons. The molecule has 2 heteroatoms. The fourth-order valence-corrected chi connectivity index (χ4v) is 1.22. The second-order valence-electron chi connectivity index (χ2n) is 3.02. The molecule has 0 aromatic rings. The van der Waals surface area contributed by atoms with Gasteiger partial charge in [-0.25, -0.2) is 0 Å². The third-order valence-corrected chi connectivity index (χ3v) is 2.27. The number of piperazine rings is 1. The molecule has 9 heavy (non-hydrogen) atoms. The predicted octanol–water partition coefficient (Wildman–Crippen LogP) is 0.298. The third kappa shape index (κ3) is 1.43. The lowest BCUT2D eigenvalue weighted by molar-refractivity contribution is 0.152. The quantitative estimate of drug-likeness (QED) is 0.504. The Bertz CT molecular complexity index is 82.9. The lowest BCUT2D eigenvalue weighted by Crippen LogP contribution is -2.52. The van der Waals surface area contributed by atoms with E-state index in [9.17, 15) is 0 Å². The van der Waals surface area contributed by atoms with Gasteiger partial charge in [-0.05, 0) is 20.9 Å². The molecule has 2 nitrogen and oxygen atoms in total. The molecule has 54 valence electrons. The zero-order chi connectivity index (χ0) is 6.85. The van der Waals surface area contributed by atoms with E-state index >= 15 is 0 Å². The summed E-state index contributed by atoms with van der Waals surface area (Å²) in [5.74, 6) is 0. The van der Waals surface area contributed by atoms with Crippen molar-refractivity contribution in [2.24, 2.45) is 0 Å². The van der Waals surface area contributed by atoms with E-state index in [-0.39, 0.29) is 0 Å². The van der Waals surface area contributed by atoms with Crippen LogP contribution in [0.4, 0.5) is 0 Å². The van der Waals surface area contributed by atoms with Gasteiger partial charge in [-0.1, -0.05) is 0 Å². The minimum absolute atomic E-state index is 0.703. The maximum Gasteiger partial charge on any atom is 0.0192 e. The molecule has 1 aliphatic rings. The Morgan fingerprint density at radius 2 is 1.67 bits per heavy atom. The van der Waals surface area contributed by atoms with Crippen molar-refractivity contribution in [2.45, 2.75) is 25.9 Å². The minimum Gasteiger partial charge on any atom is -0.314 e. The summed E-state index contributed by atoms with van der Waals surface area (Å²) < 4.78 is 0. The number of rotatable bonds is 0. The number of hydrogen-bond acceptors (Lipinski definition) is 2. The average Bonchev–Trinajstić information content (AvgIpc) is 1.83. The highest BCUT2D eigenvalue weighted by Crippen LogP contribution is 2.04. The number of nitrogens with zero attached hydrogens (tertiary/aromatic N) is 1. The van der Waals surface area contributed by atoms with Crippen LogP contribution in [-0.2, 0) is 0 Å². The van der Waals surface area contributed by atoms with Gasteiger partial charge in [0, 0.05) is 25.2 Å². The summed E-state index contributed by atoms with van der Waals surface area (Å²) in [6.07, 6.45) is 0. The summed E-state index contributed by atoms with van der Waals surface area (Å²) in [5, 5.41) is 3.37. The van der Waals surface area contributed by atoms with E-state index in [1.165, 1.54) is 0 Å². The molecule has 2 atom stereocenters. The van der Waals surface area contributed by atoms with Crippen LogP contribution < -0.4 is 5.32 Å². The van der Waals surface area contributed by atoms with Crippen LogP contribution >= 0.6 is 0 Å². The summed E-state index contributed by atoms with van der Waals surface area (Å²) in [6, 6.07) is 1.41. The fraction of sp³-hybridized carbons (Fsp3) is 1.00. The van der Waals surface area contributed by atoms with Gasteiger partial charge in [0.15, 0.2) is 0 Å². The zero-order valence-corrected chi connectivity index (χ0v) is 6.52. The van der Waals surface area contributed by atoms with Crippen molar-refractivity contribution in [3.05, 3.63) is 0 Å². The summed E-state index contributed by atoms with van der Waals surface area (Å²) in [7, 11) is 2.19. The summed E-state index contributed by atoms with van der Waals surface area (Å²) in [5.41, 5.74) is 0. The molecule has 1 N–H and O–H groups in total. The fourth-order valence-electron chi connectivity index (χ4n) is 1.22. The molecule has 0 amide bonds. The van der Waals surface area contributed by atoms with E-state index in [2.05, 4.69) is 31.1 Å². The molecule has 1 rings (SSSR count). The van der Waals surface area contributed by atoms with E-state index in [1.54, 1.807) is 0 Å². The maximum absolute atomic E-state index is 3.37. The van der Waals surface area contributed by atoms with Crippen LogP contribution in [0.1, 0.15) is 13.8 Å². The zero-order valence-electron chi connectivity index (χ0n) is 6.52. The predicted molar refractivity (Wildman–Crippen MR) is 39.6 cm³/mol. The Hall–Kier alpha value is -0.0800. The van der Waals surface area contributed by atoms with Crippen molar-refractivity contribution >= 4 is 0 Å². The van der Waals surface area contributed by atoms with Crippen LogP contribution in [0.15, 0.2) is 0 Å². The normalized spacial score (nSPS) is 39.0. The van der Waals surface area contributed by atoms with Crippen molar-refractivity contribution in [3.63, 3.8) is 0 Å². The standard InChI is InChI=1S/C7H16N2/c1-6-4-8-5-7(2)9(6)3/h6-8H,4-5H2,1-3H3/t6-,7-/m1/s1. The lowest BCUT2D eigenvalue weighted by Gasteiger charge is -2.36. The monoisotopic (exact) mass is 128 g/mol. The molecule has 1 aliphatic heterocycles. The molecule has 0 spiro atoms. The van der Waals surface area contributed by atoms with Crippen molar-refractivity contribution in [3.8, 4) is 0 Å². The maximum atomic E-state index is 3.37. The topological polar surface area (TPSA) is 15.3 Å². The van der Waals surface area contributed by atoms with Crippen LogP contribution in [0.25, 0.3) is 0 Å². The van der Waals surface area contributed by atoms with Crippen molar-refractivity contribution in [1.29, 1.82) is 0 Å². The Balaban J connectivity index is 2.41. The summed E-state index contributed by atoms with van der Waals surface area (Å²) in [6.45, 7) is 6.78. The molecule has 0 aromatic carbocycles. The summed E-state index contributed by atoms with van der Waals surface area (Å²) in [4.78, 5) is 2.41. The average molecular weight is 128 g/mol. The van der Waals surface area contributed by atoms with Crippen LogP contribution in [-0.4, -0.2) is 37.1 Å². The second-order valence-corrected chi connectivity index (χ2v) is 3.02. The van der Waals surface area contributed by atoms with Gasteiger partial charge in [0.25, 0.3) is 0 Å². The molecule has 0 unspecified atom stereocenters. The Labute approximate surface area is 57.2 Å². The Morgan fingerprint density at radius 3 is 2.00 bits per heavy atom. The van der Waals surface area contributed by atoms with Gasteiger partial charge in [-0.3, -0.25) is 4.90 Å². The molecule has 0 bridgehead atoms. The molecule has 1 fully saturated rings. The van der Waals surface area contributed by atoms with Crippen LogP contribution in [0.3, 0.4) is 0 Å². The van der Waals surface area contributed by atoms with Crippen molar-refractivity contribution < 1.29 is 0 Å². The van der Waals surface area contributed by atoms with Crippen LogP contribution in [0.5, 0.6) is 0 Å². The van der Waals surface area contributed by atoms with E-state index in [4.69, 9.17) is 0 Å². The first-order chi connectivity index (χ1) is 4.22. The number of nitrogens with one attached hydrogen (secondary N) is 1. The van der Waals surface area contributed by atoms with E-state index in [0.717, 1.165) is 13.1 Å². The van der Waals surface area contributed by atoms with Gasteiger partial charge in [0.1, 0.15) is 0 Å². The lowest BCUT2D eigenvalue weighted by atomic mass is 10.1. The highest BCUT2D eigenvalue weighted by Gasteiger charge is 2.19. The van der Waals surface area contributed by atoms with Gasteiger partial charge < -0.3 is 5.32 Å². The Morgan fingerprint density at radius 1 is 1.22 bits per heavy atom. The van der Waals surface area contributed by atoms with Gasteiger partial charge >= 0.3 is 0 Å². The molecular weight excluding hydrogens is 112 g/mol. The first-order valence-corrected chi connectivity index (χ1v) is 3.64. The molecular formula is C7H16N2. The van der Waals surface area contributed by atoms with Gasteiger partial charge in [-0.15, -0.1) is 0 Å². The highest BCUT2D eigenvalue weighted by atomic mass is 15.2. The summed E-state index contributed by atoms with van der Waals surface area (Å²) >= 11 is 0. The second kappa shape index (κ2) is 2.67. The van der Waals surface area contributed by atoms with E-state index < -0.39 is 0 Å². The van der Waals surface area contributed by atoms with Crippen LogP contribution in [0.2, 0.25) is 0 Å². The highest BCUT2D eigenvalue weighted by molar-refractivity contribution is 4.79. The smallest absolute Gasteiger partial charge is 0.0192 e. The van der Waals surface area contributed by atoms with Crippen molar-refractivity contribution in [2.75, 3.05) is 20.1 Å². The van der Waals surface area contributed by atoms with Gasteiger partial charge in [0.2, 0.25) is 0 Å².